The standard InChI is InChI=1S/C18H17N3O4S/c22-17(23)11-7-8-21(10-11)18(24)19-9-12-5-6-14(25-12)16-20-13-3-1-2-4-15(13)26-16/h1-6,11H,7-10H2,(H,19,24)(H,22,23). The summed E-state index contributed by atoms with van der Waals surface area (Å²) in [5.41, 5.74) is 0.931. The zero-order valence-corrected chi connectivity index (χ0v) is 14.7. The maximum Gasteiger partial charge on any atom is 0.317 e. The molecule has 7 nitrogen and oxygen atoms in total. The third-order valence-corrected chi connectivity index (χ3v) is 5.46. The van der Waals surface area contributed by atoms with Gasteiger partial charge in [0.2, 0.25) is 0 Å². The first kappa shape index (κ1) is 16.6. The number of carbonyl (C=O) groups is 2. The van der Waals surface area contributed by atoms with Crippen LogP contribution < -0.4 is 5.32 Å². The molecule has 2 N–H and O–H groups in total. The van der Waals surface area contributed by atoms with Gasteiger partial charge in [-0.2, -0.15) is 0 Å². The van der Waals surface area contributed by atoms with Crippen LogP contribution in [0.3, 0.4) is 0 Å². The molecule has 1 atom stereocenters. The number of likely N-dealkylation sites (tertiary alicyclic amines) is 1. The maximum atomic E-state index is 12.2. The van der Waals surface area contributed by atoms with Crippen molar-refractivity contribution in [1.29, 1.82) is 0 Å². The van der Waals surface area contributed by atoms with Gasteiger partial charge in [-0.15, -0.1) is 11.3 Å². The smallest absolute Gasteiger partial charge is 0.317 e. The molecule has 2 aromatic heterocycles. The number of nitrogens with zero attached hydrogens (tertiary/aromatic N) is 2. The highest BCUT2D eigenvalue weighted by molar-refractivity contribution is 7.21. The van der Waals surface area contributed by atoms with Crippen LogP contribution in [0, 0.1) is 5.92 Å². The number of carbonyl (C=O) groups excluding carboxylic acids is 1. The molecule has 8 heteroatoms. The van der Waals surface area contributed by atoms with Crippen LogP contribution in [0.5, 0.6) is 0 Å². The molecule has 0 radical (unpaired) electrons. The molecule has 1 aliphatic rings. The highest BCUT2D eigenvalue weighted by atomic mass is 32.1. The Labute approximate surface area is 153 Å². The minimum absolute atomic E-state index is 0.246. The fourth-order valence-electron chi connectivity index (χ4n) is 2.99. The predicted molar refractivity (Wildman–Crippen MR) is 96.9 cm³/mol. The Balaban J connectivity index is 1.38. The molecular formula is C18H17N3O4S. The van der Waals surface area contributed by atoms with E-state index in [2.05, 4.69) is 10.3 Å². The first-order chi connectivity index (χ1) is 12.6. The molecule has 0 saturated carbocycles. The van der Waals surface area contributed by atoms with Crippen LogP contribution in [0.1, 0.15) is 12.2 Å². The number of carboxylic acids is 1. The van der Waals surface area contributed by atoms with Crippen molar-refractivity contribution in [3.05, 3.63) is 42.2 Å². The number of nitrogens with one attached hydrogen (secondary N) is 1. The summed E-state index contributed by atoms with van der Waals surface area (Å²) >= 11 is 1.56. The Kier molecular flexibility index (Phi) is 4.34. The number of thiazole rings is 1. The second-order valence-corrected chi connectivity index (χ2v) is 7.21. The summed E-state index contributed by atoms with van der Waals surface area (Å²) in [4.78, 5) is 29.2. The monoisotopic (exact) mass is 371 g/mol. The normalized spacial score (nSPS) is 16.9. The Hall–Kier alpha value is -2.87. The second kappa shape index (κ2) is 6.80. The van der Waals surface area contributed by atoms with Gasteiger partial charge < -0.3 is 19.7 Å². The van der Waals surface area contributed by atoms with E-state index in [1.54, 1.807) is 11.3 Å². The second-order valence-electron chi connectivity index (χ2n) is 6.18. The molecule has 3 aromatic rings. The number of rotatable bonds is 4. The van der Waals surface area contributed by atoms with E-state index >= 15 is 0 Å². The third kappa shape index (κ3) is 3.28. The fourth-order valence-corrected chi connectivity index (χ4v) is 3.91. The highest BCUT2D eigenvalue weighted by Gasteiger charge is 2.30. The number of furan rings is 1. The van der Waals surface area contributed by atoms with E-state index in [1.807, 2.05) is 36.4 Å². The van der Waals surface area contributed by atoms with Crippen molar-refractivity contribution in [2.24, 2.45) is 5.92 Å². The van der Waals surface area contributed by atoms with Gasteiger partial charge in [-0.25, -0.2) is 9.78 Å². The summed E-state index contributed by atoms with van der Waals surface area (Å²) in [6.07, 6.45) is 0.491. The van der Waals surface area contributed by atoms with Crippen molar-refractivity contribution in [2.75, 3.05) is 13.1 Å². The van der Waals surface area contributed by atoms with Crippen LogP contribution in [-0.4, -0.2) is 40.1 Å². The van der Waals surface area contributed by atoms with Crippen molar-refractivity contribution in [1.82, 2.24) is 15.2 Å². The van der Waals surface area contributed by atoms with E-state index in [9.17, 15) is 9.59 Å². The molecular weight excluding hydrogens is 354 g/mol. The number of aliphatic carboxylic acids is 1. The maximum absolute atomic E-state index is 12.2. The van der Waals surface area contributed by atoms with E-state index in [4.69, 9.17) is 9.52 Å². The number of aromatic nitrogens is 1. The van der Waals surface area contributed by atoms with Gasteiger partial charge in [0, 0.05) is 13.1 Å². The molecule has 134 valence electrons. The zero-order chi connectivity index (χ0) is 18.1. The molecule has 1 aliphatic heterocycles. The topological polar surface area (TPSA) is 95.7 Å². The van der Waals surface area contributed by atoms with E-state index in [-0.39, 0.29) is 19.1 Å². The van der Waals surface area contributed by atoms with E-state index < -0.39 is 11.9 Å². The summed E-state index contributed by atoms with van der Waals surface area (Å²) in [6.45, 7) is 0.951. The van der Waals surface area contributed by atoms with Gasteiger partial charge in [-0.1, -0.05) is 12.1 Å². The number of amides is 2. The Morgan fingerprint density at radius 1 is 1.31 bits per heavy atom. The van der Waals surface area contributed by atoms with Crippen molar-refractivity contribution in [3.8, 4) is 10.8 Å². The minimum atomic E-state index is -0.855. The van der Waals surface area contributed by atoms with E-state index in [0.29, 0.717) is 24.5 Å². The Morgan fingerprint density at radius 2 is 2.15 bits per heavy atom. The lowest BCUT2D eigenvalue weighted by Crippen LogP contribution is -2.38. The lowest BCUT2D eigenvalue weighted by molar-refractivity contribution is -0.141. The predicted octanol–water partition coefficient (Wildman–Crippen LogP) is 3.17. The summed E-state index contributed by atoms with van der Waals surface area (Å²) in [6, 6.07) is 11.3. The van der Waals surface area contributed by atoms with Crippen LogP contribution in [0.15, 0.2) is 40.8 Å². The van der Waals surface area contributed by atoms with Crippen LogP contribution >= 0.6 is 11.3 Å². The van der Waals surface area contributed by atoms with Crippen molar-refractivity contribution < 1.29 is 19.1 Å². The Bertz CT molecular complexity index is 931. The summed E-state index contributed by atoms with van der Waals surface area (Å²) in [5.74, 6) is -0.0361. The highest BCUT2D eigenvalue weighted by Crippen LogP contribution is 2.31. The molecule has 1 unspecified atom stereocenters. The van der Waals surface area contributed by atoms with Gasteiger partial charge in [0.15, 0.2) is 10.8 Å². The number of carboxylic acid groups (broad SMARTS) is 1. The molecule has 1 fully saturated rings. The quantitative estimate of drug-likeness (QED) is 0.734. The average molecular weight is 371 g/mol. The van der Waals surface area contributed by atoms with Gasteiger partial charge in [0.25, 0.3) is 0 Å². The first-order valence-electron chi connectivity index (χ1n) is 8.30. The lowest BCUT2D eigenvalue weighted by atomic mass is 10.1. The lowest BCUT2D eigenvalue weighted by Gasteiger charge is -2.16. The van der Waals surface area contributed by atoms with Crippen molar-refractivity contribution >= 4 is 33.6 Å². The number of urea groups is 1. The van der Waals surface area contributed by atoms with Crippen LogP contribution in [0.25, 0.3) is 21.0 Å². The summed E-state index contributed by atoms with van der Waals surface area (Å²) in [7, 11) is 0. The Morgan fingerprint density at radius 3 is 2.92 bits per heavy atom. The van der Waals surface area contributed by atoms with Crippen LogP contribution in [-0.2, 0) is 11.3 Å². The van der Waals surface area contributed by atoms with Crippen LogP contribution in [0.2, 0.25) is 0 Å². The third-order valence-electron chi connectivity index (χ3n) is 4.40. The number of hydrogen-bond donors (Lipinski definition) is 2. The molecule has 1 saturated heterocycles. The summed E-state index contributed by atoms with van der Waals surface area (Å²) in [5, 5.41) is 12.6. The van der Waals surface area contributed by atoms with Gasteiger partial charge in [-0.05, 0) is 30.7 Å². The molecule has 4 rings (SSSR count). The van der Waals surface area contributed by atoms with Gasteiger partial charge in [0.05, 0.1) is 22.7 Å². The average Bonchev–Trinajstić information content (AvgIpc) is 3.37. The largest absolute Gasteiger partial charge is 0.481 e. The molecule has 0 bridgehead atoms. The molecule has 3 heterocycles. The first-order valence-corrected chi connectivity index (χ1v) is 9.12. The SMILES string of the molecule is O=C(O)C1CCN(C(=O)NCc2ccc(-c3nc4ccccc4s3)o2)C1. The molecule has 1 aromatic carbocycles. The minimum Gasteiger partial charge on any atom is -0.481 e. The molecule has 2 amide bonds. The summed E-state index contributed by atoms with van der Waals surface area (Å²) < 4.78 is 6.89. The number of para-hydroxylation sites is 1. The van der Waals surface area contributed by atoms with Gasteiger partial charge >= 0.3 is 12.0 Å². The number of hydrogen-bond acceptors (Lipinski definition) is 5. The van der Waals surface area contributed by atoms with E-state index in [1.165, 1.54) is 4.90 Å². The number of fused-ring (bicyclic) bond motifs is 1. The van der Waals surface area contributed by atoms with Crippen molar-refractivity contribution in [2.45, 2.75) is 13.0 Å². The number of benzene rings is 1. The molecule has 0 spiro atoms. The van der Waals surface area contributed by atoms with Gasteiger partial charge in [-0.3, -0.25) is 4.79 Å². The van der Waals surface area contributed by atoms with Crippen molar-refractivity contribution in [3.63, 3.8) is 0 Å². The van der Waals surface area contributed by atoms with E-state index in [0.717, 1.165) is 15.2 Å². The molecule has 0 aliphatic carbocycles. The van der Waals surface area contributed by atoms with Crippen LogP contribution in [0.4, 0.5) is 4.79 Å². The zero-order valence-electron chi connectivity index (χ0n) is 13.8. The van der Waals surface area contributed by atoms with Gasteiger partial charge in [0.1, 0.15) is 5.76 Å². The fraction of sp³-hybridized carbons (Fsp3) is 0.278. The molecule has 26 heavy (non-hydrogen) atoms.